The molecule has 12 aromatic carbocycles. The monoisotopic (exact) mass is 1030 g/mol. The Hall–Kier alpha value is -8.59. The minimum atomic E-state index is -0.0635. The zero-order chi connectivity index (χ0) is 54.0. The number of fused-ring (bicyclic) bond motifs is 8. The molecule has 0 radical (unpaired) electrons. The van der Waals surface area contributed by atoms with Crippen LogP contribution in [0.3, 0.4) is 0 Å². The van der Waals surface area contributed by atoms with Crippen molar-refractivity contribution >= 4 is 78.5 Å². The fourth-order valence-corrected chi connectivity index (χ4v) is 14.6. The van der Waals surface area contributed by atoms with E-state index in [1.165, 1.54) is 154 Å². The van der Waals surface area contributed by atoms with Gasteiger partial charge in [0.2, 0.25) is 0 Å². The van der Waals surface area contributed by atoms with Crippen LogP contribution in [0.5, 0.6) is 23.0 Å². The van der Waals surface area contributed by atoms with Crippen molar-refractivity contribution in [3.8, 4) is 89.8 Å². The van der Waals surface area contributed by atoms with Crippen molar-refractivity contribution in [2.75, 3.05) is 0 Å². The zero-order valence-electron chi connectivity index (χ0n) is 46.8. The van der Waals surface area contributed by atoms with Crippen LogP contribution in [-0.4, -0.2) is 13.4 Å². The van der Waals surface area contributed by atoms with Crippen molar-refractivity contribution in [1.82, 2.24) is 0 Å². The van der Waals surface area contributed by atoms with E-state index in [9.17, 15) is 0 Å². The molecule has 0 atom stereocenters. The van der Waals surface area contributed by atoms with E-state index >= 15 is 0 Å². The van der Waals surface area contributed by atoms with E-state index in [4.69, 9.17) is 9.47 Å². The SMILES string of the molecule is CC(C)c1ccc2c(c1)Oc1cc(C(C)C)cc3c1B2c1cc2c(-c4ccccc4-c4ccccc4)cc4c5c(cc6c(-c7ccccc7-c7ccccc7)cc-3c1c6c25)B1c2ccc(C(C)C)cc2Oc2cc(C(C)C)cc-4c21. The van der Waals surface area contributed by atoms with E-state index in [0.717, 1.165) is 23.0 Å². The van der Waals surface area contributed by atoms with Crippen LogP contribution in [0.15, 0.2) is 194 Å². The topological polar surface area (TPSA) is 18.5 Å². The maximum absolute atomic E-state index is 7.29. The van der Waals surface area contributed by atoms with Crippen LogP contribution in [0.4, 0.5) is 0 Å². The van der Waals surface area contributed by atoms with Crippen molar-refractivity contribution in [1.29, 1.82) is 0 Å². The van der Waals surface area contributed by atoms with Gasteiger partial charge >= 0.3 is 0 Å². The molecule has 0 aromatic heterocycles. The average molecular weight is 1030 g/mol. The molecule has 4 heterocycles. The molecule has 0 spiro atoms. The van der Waals surface area contributed by atoms with E-state index in [2.05, 4.69) is 250 Å². The summed E-state index contributed by atoms with van der Waals surface area (Å²) in [4.78, 5) is 0. The lowest BCUT2D eigenvalue weighted by atomic mass is 9.31. The Balaban J connectivity index is 1.15. The molecule has 0 saturated heterocycles. The van der Waals surface area contributed by atoms with E-state index in [1.807, 2.05) is 0 Å². The second-order valence-electron chi connectivity index (χ2n) is 24.5. The number of rotatable bonds is 8. The first-order chi connectivity index (χ1) is 39.0. The number of hydrogen-bond donors (Lipinski definition) is 0. The Morgan fingerprint density at radius 3 is 1.01 bits per heavy atom. The fraction of sp³-hybridized carbons (Fsp3) is 0.158. The van der Waals surface area contributed by atoms with Gasteiger partial charge < -0.3 is 9.47 Å². The van der Waals surface area contributed by atoms with Gasteiger partial charge in [0.1, 0.15) is 23.0 Å². The summed E-state index contributed by atoms with van der Waals surface area (Å²) in [6.45, 7) is 18.3. The van der Waals surface area contributed by atoms with Gasteiger partial charge in [-0.05, 0) is 203 Å². The lowest BCUT2D eigenvalue weighted by Crippen LogP contribution is -2.58. The standard InChI is InChI=1S/C76H60B2O2/c1-41(2)47-27-29-63-67(33-47)79-69-35-49(43(5)6)31-61-57-37-56(54-26-18-16-24-52(54)46-21-13-10-14-22-46)60-40-66-72-58(62-32-50(44(7)8)36-70-76(62)78(66)64-30-28-48(42(3)4)34-68(64)80-70)38-55(53-25-17-15-23-51(53)45-19-11-9-12-20-45)59-39-65(77(63)75(61)69)71(57)73(60)74(59)72/h9-44H,1-8H3. The second kappa shape index (κ2) is 17.5. The van der Waals surface area contributed by atoms with Gasteiger partial charge in [-0.15, -0.1) is 0 Å². The maximum Gasteiger partial charge on any atom is 0.252 e. The highest BCUT2D eigenvalue weighted by atomic mass is 16.5. The summed E-state index contributed by atoms with van der Waals surface area (Å²) in [6.07, 6.45) is 0. The Labute approximate surface area is 470 Å². The van der Waals surface area contributed by atoms with Crippen LogP contribution in [-0.2, 0) is 0 Å². The minimum absolute atomic E-state index is 0.0635. The van der Waals surface area contributed by atoms with Gasteiger partial charge in [-0.3, -0.25) is 0 Å². The Morgan fingerprint density at radius 1 is 0.263 bits per heavy atom. The van der Waals surface area contributed by atoms with Crippen LogP contribution in [0, 0.1) is 0 Å². The molecule has 2 nitrogen and oxygen atoms in total. The summed E-state index contributed by atoms with van der Waals surface area (Å²) in [5.41, 5.74) is 27.7. The third-order valence-corrected chi connectivity index (χ3v) is 18.7. The van der Waals surface area contributed by atoms with Gasteiger partial charge in [0, 0.05) is 0 Å². The highest BCUT2D eigenvalue weighted by Crippen LogP contribution is 2.53. The number of benzene rings is 12. The highest BCUT2D eigenvalue weighted by Gasteiger charge is 2.45. The molecule has 80 heavy (non-hydrogen) atoms. The van der Waals surface area contributed by atoms with E-state index < -0.39 is 0 Å². The molecule has 0 saturated carbocycles. The zero-order valence-corrected chi connectivity index (χ0v) is 46.8. The first-order valence-corrected chi connectivity index (χ1v) is 29.1. The average Bonchev–Trinajstić information content (AvgIpc) is 3.57. The summed E-state index contributed by atoms with van der Waals surface area (Å²) in [5, 5.41) is 7.94. The molecule has 0 amide bonds. The van der Waals surface area contributed by atoms with E-state index in [0.29, 0.717) is 11.8 Å². The molecule has 0 fully saturated rings. The van der Waals surface area contributed by atoms with Gasteiger partial charge in [-0.2, -0.15) is 0 Å². The Bertz CT molecular complexity index is 4310. The largest absolute Gasteiger partial charge is 0.458 e. The summed E-state index contributed by atoms with van der Waals surface area (Å²) in [6, 6.07) is 74.7. The summed E-state index contributed by atoms with van der Waals surface area (Å²) >= 11 is 0. The van der Waals surface area contributed by atoms with Crippen molar-refractivity contribution < 1.29 is 9.47 Å². The minimum Gasteiger partial charge on any atom is -0.458 e. The third kappa shape index (κ3) is 6.75. The predicted octanol–water partition coefficient (Wildman–Crippen LogP) is 17.0. The molecule has 12 aromatic rings. The Morgan fingerprint density at radius 2 is 0.625 bits per heavy atom. The third-order valence-electron chi connectivity index (χ3n) is 18.7. The van der Waals surface area contributed by atoms with Crippen LogP contribution in [0.25, 0.3) is 99.1 Å². The molecule has 4 aliphatic rings. The normalized spacial score (nSPS) is 13.3. The van der Waals surface area contributed by atoms with Gasteiger partial charge in [0.25, 0.3) is 13.4 Å². The summed E-state index contributed by atoms with van der Waals surface area (Å²) in [5.74, 6) is 5.17. The lowest BCUT2D eigenvalue weighted by Gasteiger charge is -2.38. The molecule has 0 aliphatic carbocycles. The van der Waals surface area contributed by atoms with Gasteiger partial charge in [-0.1, -0.05) is 224 Å². The van der Waals surface area contributed by atoms with Gasteiger partial charge in [0.05, 0.1) is 0 Å². The number of ether oxygens (including phenoxy) is 2. The fourth-order valence-electron chi connectivity index (χ4n) is 14.6. The molecule has 0 unspecified atom stereocenters. The molecule has 16 rings (SSSR count). The molecule has 4 heteroatoms. The van der Waals surface area contributed by atoms with Crippen LogP contribution in [0.1, 0.15) is 101 Å². The van der Waals surface area contributed by atoms with Crippen LogP contribution >= 0.6 is 0 Å². The quantitative estimate of drug-likeness (QED) is 0.112. The molecule has 382 valence electrons. The van der Waals surface area contributed by atoms with Gasteiger partial charge in [0.15, 0.2) is 0 Å². The van der Waals surface area contributed by atoms with Gasteiger partial charge in [-0.25, -0.2) is 0 Å². The maximum atomic E-state index is 7.29. The van der Waals surface area contributed by atoms with Crippen molar-refractivity contribution in [3.63, 3.8) is 0 Å². The second-order valence-corrected chi connectivity index (χ2v) is 24.5. The summed E-state index contributed by atoms with van der Waals surface area (Å²) in [7, 11) is 0. The highest BCUT2D eigenvalue weighted by molar-refractivity contribution is 7.01. The van der Waals surface area contributed by atoms with Crippen molar-refractivity contribution in [2.24, 2.45) is 0 Å². The van der Waals surface area contributed by atoms with Crippen molar-refractivity contribution in [2.45, 2.75) is 79.1 Å². The molecule has 0 N–H and O–H groups in total. The first-order valence-electron chi connectivity index (χ1n) is 29.1. The molecule has 4 aliphatic heterocycles. The van der Waals surface area contributed by atoms with E-state index in [-0.39, 0.29) is 25.3 Å². The molecular formula is C76H60B2O2. The number of hydrogen-bond acceptors (Lipinski definition) is 2. The van der Waals surface area contributed by atoms with E-state index in [1.54, 1.807) is 0 Å². The lowest BCUT2D eigenvalue weighted by molar-refractivity contribution is 0.485. The summed E-state index contributed by atoms with van der Waals surface area (Å²) < 4.78 is 14.6. The first kappa shape index (κ1) is 47.4. The smallest absolute Gasteiger partial charge is 0.252 e. The van der Waals surface area contributed by atoms with Crippen molar-refractivity contribution in [3.05, 3.63) is 216 Å². The predicted molar refractivity (Wildman–Crippen MR) is 341 cm³/mol. The van der Waals surface area contributed by atoms with Crippen LogP contribution in [0.2, 0.25) is 0 Å². The Kier molecular flexibility index (Phi) is 10.3. The molecular weight excluding hydrogens is 966 g/mol. The molecule has 0 bridgehead atoms. The van der Waals surface area contributed by atoms with Crippen LogP contribution < -0.4 is 42.3 Å².